The Bertz CT molecular complexity index is 620. The number of nitrogens with zero attached hydrogens (tertiary/aromatic N) is 1. The minimum atomic E-state index is -0.299. The van der Waals surface area contributed by atoms with Crippen LogP contribution in [0.5, 0.6) is 5.75 Å². The summed E-state index contributed by atoms with van der Waals surface area (Å²) in [6, 6.07) is 4.95. The average Bonchev–Trinajstić information content (AvgIpc) is 2.66. The van der Waals surface area contributed by atoms with E-state index in [4.69, 9.17) is 0 Å². The lowest BCUT2D eigenvalue weighted by atomic mass is 9.78. The van der Waals surface area contributed by atoms with Crippen LogP contribution in [0.3, 0.4) is 0 Å². The number of carbonyl (C=O) groups is 2. The summed E-state index contributed by atoms with van der Waals surface area (Å²) in [5.74, 6) is -0.955. The number of benzene rings is 1. The van der Waals surface area contributed by atoms with E-state index < -0.39 is 0 Å². The number of rotatable bonds is 1. The number of allylic oxidation sites excluding steroid dienone is 2. The Kier molecular flexibility index (Phi) is 2.89. The van der Waals surface area contributed by atoms with Crippen LogP contribution in [-0.4, -0.2) is 16.9 Å². The van der Waals surface area contributed by atoms with E-state index in [1.54, 1.807) is 12.1 Å². The smallest absolute Gasteiger partial charge is 0.238 e. The van der Waals surface area contributed by atoms with E-state index in [1.165, 1.54) is 11.0 Å². The molecule has 20 heavy (non-hydrogen) atoms. The maximum atomic E-state index is 12.6. The number of hydrogen-bond donors (Lipinski definition) is 1. The highest BCUT2D eigenvalue weighted by molar-refractivity contribution is 6.23. The third-order valence-corrected chi connectivity index (χ3v) is 4.24. The van der Waals surface area contributed by atoms with Crippen LogP contribution in [0, 0.1) is 24.7 Å². The number of phenolic OH excluding ortho intramolecular Hbond substituents is 1. The third-order valence-electron chi connectivity index (χ3n) is 4.24. The molecule has 1 fully saturated rings. The number of phenols is 1. The van der Waals surface area contributed by atoms with E-state index in [0.29, 0.717) is 12.1 Å². The second-order valence-corrected chi connectivity index (χ2v) is 5.66. The van der Waals surface area contributed by atoms with Gasteiger partial charge in [-0.15, -0.1) is 0 Å². The molecule has 1 aliphatic carbocycles. The number of amides is 2. The van der Waals surface area contributed by atoms with Crippen molar-refractivity contribution < 1.29 is 14.7 Å². The fourth-order valence-corrected chi connectivity index (χ4v) is 3.20. The molecule has 3 rings (SSSR count). The van der Waals surface area contributed by atoms with Gasteiger partial charge in [0.05, 0.1) is 17.5 Å². The molecular weight excluding hydrogens is 254 g/mol. The zero-order valence-corrected chi connectivity index (χ0v) is 11.5. The Hall–Kier alpha value is -2.10. The number of aryl methyl sites for hydroxylation is 1. The lowest BCUT2D eigenvalue weighted by molar-refractivity contribution is -0.122. The first-order valence-corrected chi connectivity index (χ1v) is 6.85. The molecule has 1 saturated heterocycles. The fourth-order valence-electron chi connectivity index (χ4n) is 3.20. The van der Waals surface area contributed by atoms with Crippen molar-refractivity contribution in [3.63, 3.8) is 0 Å². The normalized spacial score (nSPS) is 28.9. The lowest BCUT2D eigenvalue weighted by Gasteiger charge is -2.22. The van der Waals surface area contributed by atoms with Crippen LogP contribution in [0.4, 0.5) is 5.69 Å². The standard InChI is InChI=1S/C16H17NO3/c1-9-6-7-13(18)12(8-9)17-15(19)11-5-3-4-10(2)14(11)16(17)20/h3-4,6-8,10-11,14,18H,5H2,1-2H3/t10-,11-,14-/m1/s1. The first-order chi connectivity index (χ1) is 9.50. The zero-order valence-electron chi connectivity index (χ0n) is 11.5. The van der Waals surface area contributed by atoms with Crippen molar-refractivity contribution >= 4 is 17.5 Å². The van der Waals surface area contributed by atoms with Crippen molar-refractivity contribution in [1.29, 1.82) is 0 Å². The summed E-state index contributed by atoms with van der Waals surface area (Å²) in [5, 5.41) is 9.97. The van der Waals surface area contributed by atoms with E-state index >= 15 is 0 Å². The van der Waals surface area contributed by atoms with Gasteiger partial charge < -0.3 is 5.11 Å². The molecule has 0 aromatic heterocycles. The molecule has 2 aliphatic rings. The monoisotopic (exact) mass is 271 g/mol. The van der Waals surface area contributed by atoms with E-state index in [2.05, 4.69) is 0 Å². The van der Waals surface area contributed by atoms with Crippen LogP contribution in [0.1, 0.15) is 18.9 Å². The molecule has 0 bridgehead atoms. The second kappa shape index (κ2) is 4.47. The number of fused-ring (bicyclic) bond motifs is 1. The van der Waals surface area contributed by atoms with Crippen LogP contribution < -0.4 is 4.90 Å². The van der Waals surface area contributed by atoms with Crippen LogP contribution in [0.2, 0.25) is 0 Å². The van der Waals surface area contributed by atoms with E-state index in [0.717, 1.165) is 5.56 Å². The molecule has 0 unspecified atom stereocenters. The van der Waals surface area contributed by atoms with Gasteiger partial charge in [-0.25, -0.2) is 4.90 Å². The molecular formula is C16H17NO3. The molecule has 4 heteroatoms. The molecule has 0 spiro atoms. The summed E-state index contributed by atoms with van der Waals surface area (Å²) >= 11 is 0. The van der Waals surface area contributed by atoms with Crippen molar-refractivity contribution in [2.75, 3.05) is 4.90 Å². The molecule has 3 atom stereocenters. The molecule has 0 radical (unpaired) electrons. The zero-order chi connectivity index (χ0) is 14.4. The summed E-state index contributed by atoms with van der Waals surface area (Å²) in [6.07, 6.45) is 4.56. The summed E-state index contributed by atoms with van der Waals surface area (Å²) in [4.78, 5) is 26.3. The van der Waals surface area contributed by atoms with Gasteiger partial charge in [0.15, 0.2) is 0 Å². The number of aromatic hydroxyl groups is 1. The van der Waals surface area contributed by atoms with Gasteiger partial charge >= 0.3 is 0 Å². The highest BCUT2D eigenvalue weighted by atomic mass is 16.3. The minimum Gasteiger partial charge on any atom is -0.506 e. The molecule has 1 N–H and O–H groups in total. The summed E-state index contributed by atoms with van der Waals surface area (Å²) in [6.45, 7) is 3.82. The highest BCUT2D eigenvalue weighted by Crippen LogP contribution is 2.42. The lowest BCUT2D eigenvalue weighted by Crippen LogP contribution is -2.31. The fraction of sp³-hybridized carbons (Fsp3) is 0.375. The number of imide groups is 1. The Balaban J connectivity index is 2.06. The molecule has 104 valence electrons. The van der Waals surface area contributed by atoms with Crippen LogP contribution in [-0.2, 0) is 9.59 Å². The first-order valence-electron chi connectivity index (χ1n) is 6.85. The van der Waals surface area contributed by atoms with E-state index in [-0.39, 0.29) is 35.3 Å². The first kappa shape index (κ1) is 12.9. The summed E-state index contributed by atoms with van der Waals surface area (Å²) in [5.41, 5.74) is 1.21. The number of anilines is 1. The van der Waals surface area contributed by atoms with E-state index in [1.807, 2.05) is 26.0 Å². The maximum Gasteiger partial charge on any atom is 0.238 e. The molecule has 0 saturated carbocycles. The maximum absolute atomic E-state index is 12.6. The molecule has 4 nitrogen and oxygen atoms in total. The van der Waals surface area contributed by atoms with Crippen LogP contribution in [0.15, 0.2) is 30.4 Å². The predicted octanol–water partition coefficient (Wildman–Crippen LogP) is 2.40. The Morgan fingerprint density at radius 1 is 1.25 bits per heavy atom. The Morgan fingerprint density at radius 3 is 2.70 bits per heavy atom. The topological polar surface area (TPSA) is 57.6 Å². The predicted molar refractivity (Wildman–Crippen MR) is 75.2 cm³/mol. The van der Waals surface area contributed by atoms with Gasteiger partial charge in [-0.3, -0.25) is 9.59 Å². The largest absolute Gasteiger partial charge is 0.506 e. The van der Waals surface area contributed by atoms with Gasteiger partial charge in [0.25, 0.3) is 0 Å². The van der Waals surface area contributed by atoms with Crippen molar-refractivity contribution in [2.24, 2.45) is 17.8 Å². The molecule has 1 aliphatic heterocycles. The van der Waals surface area contributed by atoms with Crippen molar-refractivity contribution in [3.05, 3.63) is 35.9 Å². The van der Waals surface area contributed by atoms with Gasteiger partial charge in [0, 0.05) is 0 Å². The quantitative estimate of drug-likeness (QED) is 0.630. The van der Waals surface area contributed by atoms with Crippen molar-refractivity contribution in [1.82, 2.24) is 0 Å². The Morgan fingerprint density at radius 2 is 2.00 bits per heavy atom. The van der Waals surface area contributed by atoms with Crippen LogP contribution in [0.25, 0.3) is 0 Å². The van der Waals surface area contributed by atoms with E-state index in [9.17, 15) is 14.7 Å². The third kappa shape index (κ3) is 1.75. The molecule has 1 aromatic rings. The second-order valence-electron chi connectivity index (χ2n) is 5.66. The van der Waals surface area contributed by atoms with Gasteiger partial charge in [0.2, 0.25) is 11.8 Å². The number of carbonyl (C=O) groups excluding carboxylic acids is 2. The average molecular weight is 271 g/mol. The van der Waals surface area contributed by atoms with Crippen molar-refractivity contribution in [2.45, 2.75) is 20.3 Å². The number of hydrogen-bond acceptors (Lipinski definition) is 3. The highest BCUT2D eigenvalue weighted by Gasteiger charge is 2.50. The SMILES string of the molecule is Cc1ccc(O)c(N2C(=O)[C@@H]3[C@H](C)C=CC[C@H]3C2=O)c1. The molecule has 2 amide bonds. The van der Waals surface area contributed by atoms with Gasteiger partial charge in [-0.1, -0.05) is 25.1 Å². The van der Waals surface area contributed by atoms with Gasteiger partial charge in [0.1, 0.15) is 5.75 Å². The van der Waals surface area contributed by atoms with Gasteiger partial charge in [-0.2, -0.15) is 0 Å². The Labute approximate surface area is 117 Å². The molecule has 1 heterocycles. The summed E-state index contributed by atoms with van der Waals surface area (Å²) in [7, 11) is 0. The molecule has 1 aromatic carbocycles. The van der Waals surface area contributed by atoms with Crippen molar-refractivity contribution in [3.8, 4) is 5.75 Å². The summed E-state index contributed by atoms with van der Waals surface area (Å²) < 4.78 is 0. The van der Waals surface area contributed by atoms with Crippen LogP contribution >= 0.6 is 0 Å². The minimum absolute atomic E-state index is 0.0310. The van der Waals surface area contributed by atoms with Gasteiger partial charge in [-0.05, 0) is 37.0 Å².